The first-order valence-corrected chi connectivity index (χ1v) is 7.85. The van der Waals surface area contributed by atoms with Gasteiger partial charge in [-0.15, -0.1) is 0 Å². The summed E-state index contributed by atoms with van der Waals surface area (Å²) in [4.78, 5) is 10.8. The van der Waals surface area contributed by atoms with E-state index in [1.165, 1.54) is 32.1 Å². The van der Waals surface area contributed by atoms with Crippen molar-refractivity contribution in [3.63, 3.8) is 0 Å². The fourth-order valence-corrected chi connectivity index (χ4v) is 2.03. The zero-order chi connectivity index (χ0) is 15.3. The largest absolute Gasteiger partial charge is 0.494 e. The highest BCUT2D eigenvalue weighted by atomic mass is 16.5. The molecule has 21 heavy (non-hydrogen) atoms. The Balaban J connectivity index is 2.10. The van der Waals surface area contributed by atoms with Crippen LogP contribution < -0.4 is 4.74 Å². The minimum Gasteiger partial charge on any atom is -0.494 e. The highest BCUT2D eigenvalue weighted by Gasteiger charge is 2.03. The van der Waals surface area contributed by atoms with Gasteiger partial charge < -0.3 is 9.84 Å². The molecule has 0 aliphatic heterocycles. The van der Waals surface area contributed by atoms with E-state index in [1.807, 2.05) is 0 Å². The minimum absolute atomic E-state index is 0.263. The van der Waals surface area contributed by atoms with Gasteiger partial charge in [0.2, 0.25) is 0 Å². The van der Waals surface area contributed by atoms with E-state index in [0.29, 0.717) is 12.4 Å². The number of unbranched alkanes of at least 4 members (excludes halogenated alkanes) is 5. The fraction of sp³-hybridized carbons (Fsp3) is 0.500. The van der Waals surface area contributed by atoms with Gasteiger partial charge in [0.15, 0.2) is 0 Å². The molecule has 0 unspecified atom stereocenters. The van der Waals surface area contributed by atoms with Gasteiger partial charge in [-0.3, -0.25) is 0 Å². The van der Waals surface area contributed by atoms with Gasteiger partial charge in [0.05, 0.1) is 12.2 Å². The van der Waals surface area contributed by atoms with Gasteiger partial charge >= 0.3 is 5.97 Å². The summed E-state index contributed by atoms with van der Waals surface area (Å²) in [5.74, 6) is -0.301. The van der Waals surface area contributed by atoms with Crippen LogP contribution in [0, 0.1) is 0 Å². The average Bonchev–Trinajstić information content (AvgIpc) is 2.49. The first-order valence-electron chi connectivity index (χ1n) is 7.85. The number of hydrogen-bond donors (Lipinski definition) is 1. The minimum atomic E-state index is -0.925. The lowest BCUT2D eigenvalue weighted by Crippen LogP contribution is -2.00. The summed E-state index contributed by atoms with van der Waals surface area (Å²) in [5, 5.41) is 8.89. The van der Waals surface area contributed by atoms with E-state index in [1.54, 1.807) is 24.3 Å². The Bertz CT molecular complexity index is 438. The summed E-state index contributed by atoms with van der Waals surface area (Å²) in [5.41, 5.74) is 0.263. The van der Waals surface area contributed by atoms with Crippen molar-refractivity contribution in [3.05, 3.63) is 42.0 Å². The number of aromatic carboxylic acids is 1. The van der Waals surface area contributed by atoms with Gasteiger partial charge in [0, 0.05) is 0 Å². The first kappa shape index (κ1) is 17.3. The molecule has 0 aliphatic rings. The van der Waals surface area contributed by atoms with Crippen molar-refractivity contribution in [2.75, 3.05) is 6.61 Å². The smallest absolute Gasteiger partial charge is 0.335 e. The summed E-state index contributed by atoms with van der Waals surface area (Å²) in [6.07, 6.45) is 12.8. The van der Waals surface area contributed by atoms with Crippen molar-refractivity contribution < 1.29 is 14.6 Å². The van der Waals surface area contributed by atoms with E-state index in [9.17, 15) is 4.79 Å². The summed E-state index contributed by atoms with van der Waals surface area (Å²) in [6, 6.07) is 6.62. The maximum atomic E-state index is 10.8. The van der Waals surface area contributed by atoms with E-state index in [2.05, 4.69) is 19.1 Å². The highest BCUT2D eigenvalue weighted by Crippen LogP contribution is 2.13. The van der Waals surface area contributed by atoms with Crippen LogP contribution in [0.5, 0.6) is 5.75 Å². The van der Waals surface area contributed by atoms with Crippen molar-refractivity contribution in [1.29, 1.82) is 0 Å². The van der Waals surface area contributed by atoms with E-state index in [4.69, 9.17) is 9.84 Å². The molecule has 1 aromatic carbocycles. The Morgan fingerprint density at radius 1 is 1.14 bits per heavy atom. The molecule has 0 bridgehead atoms. The van der Waals surface area contributed by atoms with E-state index < -0.39 is 5.97 Å². The fourth-order valence-electron chi connectivity index (χ4n) is 2.03. The maximum Gasteiger partial charge on any atom is 0.335 e. The van der Waals surface area contributed by atoms with Crippen molar-refractivity contribution in [1.82, 2.24) is 0 Å². The Labute approximate surface area is 127 Å². The third-order valence-corrected chi connectivity index (χ3v) is 3.26. The average molecular weight is 290 g/mol. The predicted octanol–water partition coefficient (Wildman–Crippen LogP) is 5.07. The number of ether oxygens (including phenoxy) is 1. The predicted molar refractivity (Wildman–Crippen MR) is 86.0 cm³/mol. The summed E-state index contributed by atoms with van der Waals surface area (Å²) >= 11 is 0. The number of benzene rings is 1. The first-order chi connectivity index (χ1) is 10.2. The van der Waals surface area contributed by atoms with Crippen LogP contribution in [0.4, 0.5) is 0 Å². The van der Waals surface area contributed by atoms with Crippen LogP contribution in [0.25, 0.3) is 0 Å². The second-order valence-corrected chi connectivity index (χ2v) is 5.14. The molecule has 0 fully saturated rings. The lowest BCUT2D eigenvalue weighted by molar-refractivity contribution is 0.0696. The van der Waals surface area contributed by atoms with Crippen LogP contribution >= 0.6 is 0 Å². The normalized spacial score (nSPS) is 10.9. The number of carboxylic acid groups (broad SMARTS) is 1. The number of hydrogen-bond acceptors (Lipinski definition) is 2. The third kappa shape index (κ3) is 8.18. The third-order valence-electron chi connectivity index (χ3n) is 3.26. The summed E-state index contributed by atoms with van der Waals surface area (Å²) in [7, 11) is 0. The molecule has 0 saturated carbocycles. The van der Waals surface area contributed by atoms with E-state index in [0.717, 1.165) is 12.8 Å². The van der Waals surface area contributed by atoms with Crippen molar-refractivity contribution in [2.45, 2.75) is 51.9 Å². The van der Waals surface area contributed by atoms with E-state index >= 15 is 0 Å². The standard InChI is InChI=1S/C18H26O3/c1-2-3-4-5-6-7-8-9-10-14-21-17-13-11-12-16(15-17)18(19)20/h7-8,11-13,15H,2-6,9-10,14H2,1H3,(H,19,20). The zero-order valence-corrected chi connectivity index (χ0v) is 12.9. The molecule has 1 N–H and O–H groups in total. The molecule has 0 amide bonds. The molecule has 1 rings (SSSR count). The highest BCUT2D eigenvalue weighted by molar-refractivity contribution is 5.87. The SMILES string of the molecule is CCCCCCC=CCCCOc1cccc(C(=O)O)c1. The van der Waals surface area contributed by atoms with Crippen molar-refractivity contribution in [3.8, 4) is 5.75 Å². The van der Waals surface area contributed by atoms with Crippen LogP contribution in [0.1, 0.15) is 62.2 Å². The quantitative estimate of drug-likeness (QED) is 0.457. The summed E-state index contributed by atoms with van der Waals surface area (Å²) < 4.78 is 5.56. The van der Waals surface area contributed by atoms with Crippen LogP contribution in [0.3, 0.4) is 0 Å². The van der Waals surface area contributed by atoms with Gasteiger partial charge in [-0.1, -0.05) is 44.4 Å². The van der Waals surface area contributed by atoms with Gasteiger partial charge in [-0.2, -0.15) is 0 Å². The molecule has 0 spiro atoms. The van der Waals surface area contributed by atoms with Crippen molar-refractivity contribution in [2.24, 2.45) is 0 Å². The number of carbonyl (C=O) groups is 1. The van der Waals surface area contributed by atoms with Crippen LogP contribution in [0.2, 0.25) is 0 Å². The summed E-state index contributed by atoms with van der Waals surface area (Å²) in [6.45, 7) is 2.84. The van der Waals surface area contributed by atoms with Crippen molar-refractivity contribution >= 4 is 5.97 Å². The lowest BCUT2D eigenvalue weighted by atomic mass is 10.1. The second kappa shape index (κ2) is 11.0. The molecule has 3 heteroatoms. The van der Waals surface area contributed by atoms with Gasteiger partial charge in [-0.05, 0) is 43.9 Å². The lowest BCUT2D eigenvalue weighted by Gasteiger charge is -2.05. The Kier molecular flexibility index (Phi) is 9.01. The van der Waals surface area contributed by atoms with Gasteiger partial charge in [0.25, 0.3) is 0 Å². The Morgan fingerprint density at radius 3 is 2.62 bits per heavy atom. The number of allylic oxidation sites excluding steroid dienone is 2. The van der Waals surface area contributed by atoms with Crippen LogP contribution in [-0.2, 0) is 0 Å². The van der Waals surface area contributed by atoms with Gasteiger partial charge in [-0.25, -0.2) is 4.79 Å². The maximum absolute atomic E-state index is 10.8. The molecule has 0 saturated heterocycles. The molecule has 0 aliphatic carbocycles. The molecule has 1 aromatic rings. The topological polar surface area (TPSA) is 46.5 Å². The molecule has 3 nitrogen and oxygen atoms in total. The molecule has 0 atom stereocenters. The molecule has 116 valence electrons. The Hall–Kier alpha value is -1.77. The monoisotopic (exact) mass is 290 g/mol. The van der Waals surface area contributed by atoms with Crippen LogP contribution in [-0.4, -0.2) is 17.7 Å². The number of rotatable bonds is 11. The molecule has 0 aromatic heterocycles. The second-order valence-electron chi connectivity index (χ2n) is 5.14. The zero-order valence-electron chi connectivity index (χ0n) is 12.9. The molecular formula is C18H26O3. The molecule has 0 heterocycles. The molecule has 0 radical (unpaired) electrons. The molecular weight excluding hydrogens is 264 g/mol. The van der Waals surface area contributed by atoms with Gasteiger partial charge in [0.1, 0.15) is 5.75 Å². The Morgan fingerprint density at radius 2 is 1.90 bits per heavy atom. The number of carboxylic acids is 1. The van der Waals surface area contributed by atoms with E-state index in [-0.39, 0.29) is 5.56 Å². The van der Waals surface area contributed by atoms with Crippen LogP contribution in [0.15, 0.2) is 36.4 Å².